The number of benzene rings is 2. The van der Waals surface area contributed by atoms with Crippen LogP contribution in [0.25, 0.3) is 22.0 Å². The highest BCUT2D eigenvalue weighted by Crippen LogP contribution is 2.51. The number of fused-ring (bicyclic) bond motifs is 1. The molecule has 4 rings (SSSR count). The first-order chi connectivity index (χ1) is 16.5. The van der Waals surface area contributed by atoms with Crippen molar-refractivity contribution in [3.8, 4) is 11.1 Å². The molecule has 5 nitrogen and oxygen atoms in total. The molecule has 9 heteroatoms. The summed E-state index contributed by atoms with van der Waals surface area (Å²) < 4.78 is 52.1. The molecule has 0 N–H and O–H groups in total. The number of alkyl halides is 3. The molecule has 0 spiro atoms. The number of esters is 1. The van der Waals surface area contributed by atoms with E-state index in [0.29, 0.717) is 25.2 Å². The van der Waals surface area contributed by atoms with Gasteiger partial charge in [0.05, 0.1) is 29.8 Å². The first kappa shape index (κ1) is 25.4. The third-order valence-electron chi connectivity index (χ3n) is 6.33. The van der Waals surface area contributed by atoms with Crippen LogP contribution in [0.5, 0.6) is 0 Å². The quantitative estimate of drug-likeness (QED) is 0.185. The van der Waals surface area contributed by atoms with Crippen molar-refractivity contribution in [2.24, 2.45) is 5.92 Å². The molecule has 0 amide bonds. The number of ether oxygens (including phenoxy) is 2. The molecular formula is C26H31F3N2O3Si. The number of hydrogen-bond donors (Lipinski definition) is 0. The minimum absolute atomic E-state index is 0.00333. The summed E-state index contributed by atoms with van der Waals surface area (Å²) in [7, 11) is -1.22. The highest BCUT2D eigenvalue weighted by molar-refractivity contribution is 6.76. The Labute approximate surface area is 204 Å². The molecule has 0 aliphatic heterocycles. The number of nitrogens with zero attached hydrogens (tertiary/aromatic N) is 2. The number of rotatable bonds is 9. The molecule has 1 aliphatic carbocycles. The van der Waals surface area contributed by atoms with Crippen LogP contribution in [-0.2, 0) is 27.2 Å². The van der Waals surface area contributed by atoms with Crippen LogP contribution >= 0.6 is 0 Å². The van der Waals surface area contributed by atoms with Crippen LogP contribution in [0.2, 0.25) is 25.7 Å². The Hall–Kier alpha value is -2.65. The fourth-order valence-corrected chi connectivity index (χ4v) is 4.97. The fraction of sp³-hybridized carbons (Fsp3) is 0.462. The Kier molecular flexibility index (Phi) is 7.10. The Morgan fingerprint density at radius 1 is 1.14 bits per heavy atom. The van der Waals surface area contributed by atoms with Gasteiger partial charge in [-0.15, -0.1) is 0 Å². The van der Waals surface area contributed by atoms with Crippen LogP contribution in [0.4, 0.5) is 13.2 Å². The molecule has 0 saturated heterocycles. The molecule has 3 aromatic rings. The second kappa shape index (κ2) is 9.77. The summed E-state index contributed by atoms with van der Waals surface area (Å²) >= 11 is 0. The van der Waals surface area contributed by atoms with E-state index in [1.54, 1.807) is 17.8 Å². The zero-order valence-corrected chi connectivity index (χ0v) is 21.5. The Balaban J connectivity index is 1.68. The van der Waals surface area contributed by atoms with E-state index in [1.807, 2.05) is 12.1 Å². The van der Waals surface area contributed by atoms with Gasteiger partial charge < -0.3 is 9.47 Å². The number of carbonyl (C=O) groups is 1. The summed E-state index contributed by atoms with van der Waals surface area (Å²) in [5.74, 6) is -0.429. The maximum atomic E-state index is 13.1. The van der Waals surface area contributed by atoms with Crippen molar-refractivity contribution < 1.29 is 27.4 Å². The lowest BCUT2D eigenvalue weighted by molar-refractivity contribution is -0.144. The zero-order chi connectivity index (χ0) is 25.4. The normalized spacial score (nSPS) is 18.1. The van der Waals surface area contributed by atoms with Crippen LogP contribution in [-0.4, -0.2) is 37.0 Å². The van der Waals surface area contributed by atoms with Crippen LogP contribution < -0.4 is 0 Å². The van der Waals surface area contributed by atoms with Gasteiger partial charge in [0.15, 0.2) is 0 Å². The molecule has 1 fully saturated rings. The van der Waals surface area contributed by atoms with Gasteiger partial charge in [0, 0.05) is 20.1 Å². The molecule has 2 atom stereocenters. The van der Waals surface area contributed by atoms with Crippen LogP contribution in [0.1, 0.15) is 30.4 Å². The first-order valence-corrected chi connectivity index (χ1v) is 15.6. The van der Waals surface area contributed by atoms with Crippen molar-refractivity contribution in [2.45, 2.75) is 57.9 Å². The maximum Gasteiger partial charge on any atom is 0.416 e. The topological polar surface area (TPSA) is 53.3 Å². The van der Waals surface area contributed by atoms with E-state index in [0.717, 1.165) is 40.2 Å². The summed E-state index contributed by atoms with van der Waals surface area (Å²) in [6, 6.07) is 10.1. The second-order valence-corrected chi connectivity index (χ2v) is 15.9. The summed E-state index contributed by atoms with van der Waals surface area (Å²) in [5.41, 5.74) is 2.55. The summed E-state index contributed by atoms with van der Waals surface area (Å²) in [5, 5.41) is 5.45. The van der Waals surface area contributed by atoms with Crippen molar-refractivity contribution in [3.05, 3.63) is 53.7 Å². The average Bonchev–Trinajstić information content (AvgIpc) is 3.48. The summed E-state index contributed by atoms with van der Waals surface area (Å²) in [4.78, 5) is 12.3. The number of halogens is 3. The largest absolute Gasteiger partial charge is 0.466 e. The minimum atomic E-state index is -4.39. The smallest absolute Gasteiger partial charge is 0.416 e. The van der Waals surface area contributed by atoms with Gasteiger partial charge in [-0.05, 0) is 60.2 Å². The lowest BCUT2D eigenvalue weighted by Gasteiger charge is -2.15. The molecule has 35 heavy (non-hydrogen) atoms. The van der Waals surface area contributed by atoms with Gasteiger partial charge in [-0.25, -0.2) is 4.68 Å². The van der Waals surface area contributed by atoms with Crippen molar-refractivity contribution in [1.29, 1.82) is 0 Å². The van der Waals surface area contributed by atoms with Gasteiger partial charge in [0.1, 0.15) is 6.73 Å². The highest BCUT2D eigenvalue weighted by Gasteiger charge is 2.46. The lowest BCUT2D eigenvalue weighted by Crippen LogP contribution is -2.22. The van der Waals surface area contributed by atoms with E-state index < -0.39 is 19.8 Å². The fourth-order valence-electron chi connectivity index (χ4n) is 4.21. The molecule has 188 valence electrons. The number of hydrogen-bond acceptors (Lipinski definition) is 4. The predicted octanol–water partition coefficient (Wildman–Crippen LogP) is 6.70. The van der Waals surface area contributed by atoms with Crippen LogP contribution in [0.3, 0.4) is 0 Å². The second-order valence-electron chi connectivity index (χ2n) is 10.3. The third kappa shape index (κ3) is 5.95. The average molecular weight is 505 g/mol. The van der Waals surface area contributed by atoms with Gasteiger partial charge in [0.2, 0.25) is 0 Å². The molecule has 2 aromatic carbocycles. The monoisotopic (exact) mass is 504 g/mol. The first-order valence-electron chi connectivity index (χ1n) is 11.9. The predicted molar refractivity (Wildman–Crippen MR) is 132 cm³/mol. The highest BCUT2D eigenvalue weighted by atomic mass is 28.3. The Morgan fingerprint density at radius 3 is 2.49 bits per heavy atom. The molecular weight excluding hydrogens is 473 g/mol. The van der Waals surface area contributed by atoms with E-state index in [-0.39, 0.29) is 24.5 Å². The molecule has 0 bridgehead atoms. The minimum Gasteiger partial charge on any atom is -0.466 e. The van der Waals surface area contributed by atoms with Crippen molar-refractivity contribution >= 4 is 24.9 Å². The van der Waals surface area contributed by atoms with Crippen molar-refractivity contribution in [2.75, 3.05) is 13.2 Å². The zero-order valence-electron chi connectivity index (χ0n) is 20.5. The third-order valence-corrected chi connectivity index (χ3v) is 8.03. The Morgan fingerprint density at radius 2 is 1.86 bits per heavy atom. The van der Waals surface area contributed by atoms with Gasteiger partial charge >= 0.3 is 12.1 Å². The SMILES string of the molecule is CCOC(=O)C1CC1c1cc(-c2ccc(C(F)(F)F)cc2)cc2c1cnn2COCC[Si](C)(C)C. The molecule has 1 saturated carbocycles. The summed E-state index contributed by atoms with van der Waals surface area (Å²) in [6.07, 6.45) is -1.92. The van der Waals surface area contributed by atoms with Gasteiger partial charge in [-0.1, -0.05) is 37.8 Å². The van der Waals surface area contributed by atoms with Gasteiger partial charge in [-0.3, -0.25) is 4.79 Å². The van der Waals surface area contributed by atoms with Crippen molar-refractivity contribution in [1.82, 2.24) is 9.78 Å². The number of aromatic nitrogens is 2. The molecule has 2 unspecified atom stereocenters. The van der Waals surface area contributed by atoms with Crippen LogP contribution in [0.15, 0.2) is 42.6 Å². The van der Waals surface area contributed by atoms with E-state index >= 15 is 0 Å². The van der Waals surface area contributed by atoms with E-state index in [1.165, 1.54) is 12.1 Å². The van der Waals surface area contributed by atoms with E-state index in [4.69, 9.17) is 9.47 Å². The molecule has 1 heterocycles. The Bertz CT molecular complexity index is 1200. The summed E-state index contributed by atoms with van der Waals surface area (Å²) in [6.45, 7) is 9.92. The van der Waals surface area contributed by atoms with Gasteiger partial charge in [0.25, 0.3) is 0 Å². The van der Waals surface area contributed by atoms with Gasteiger partial charge in [-0.2, -0.15) is 18.3 Å². The molecule has 1 aromatic heterocycles. The molecule has 1 aliphatic rings. The maximum absolute atomic E-state index is 13.1. The van der Waals surface area contributed by atoms with Crippen LogP contribution in [0, 0.1) is 5.92 Å². The van der Waals surface area contributed by atoms with E-state index in [9.17, 15) is 18.0 Å². The molecule has 0 radical (unpaired) electrons. The lowest BCUT2D eigenvalue weighted by atomic mass is 9.96. The standard InChI is InChI=1S/C26H31F3N2O3Si/c1-5-34-25(32)22-14-21(22)20-12-18(17-6-8-19(9-7-17)26(27,28)29)13-24-23(20)15-30-31(24)16-33-10-11-35(2,3)4/h6-9,12-13,15,21-22H,5,10-11,14,16H2,1-4H3. The van der Waals surface area contributed by atoms with E-state index in [2.05, 4.69) is 24.7 Å². The number of carbonyl (C=O) groups excluding carboxylic acids is 1. The van der Waals surface area contributed by atoms with Crippen molar-refractivity contribution in [3.63, 3.8) is 0 Å².